The summed E-state index contributed by atoms with van der Waals surface area (Å²) in [5, 5.41) is 19.3. The number of carbonyl (C=O) groups excluding carboxylic acids is 1. The van der Waals surface area contributed by atoms with Crippen LogP contribution in [-0.2, 0) is 5.41 Å². The van der Waals surface area contributed by atoms with E-state index in [-0.39, 0.29) is 17.3 Å². The highest BCUT2D eigenvalue weighted by Crippen LogP contribution is 2.46. The van der Waals surface area contributed by atoms with Gasteiger partial charge < -0.3 is 10.2 Å². The molecular weight excluding hydrogens is 272 g/mol. The number of hydrogen-bond donors (Lipinski definition) is 2. The molecule has 2 aromatic carbocycles. The maximum atomic E-state index is 12.8. The molecule has 2 N–H and O–H groups in total. The summed E-state index contributed by atoms with van der Waals surface area (Å²) in [6.07, 6.45) is 0. The average Bonchev–Trinajstić information content (AvgIpc) is 2.48. The summed E-state index contributed by atoms with van der Waals surface area (Å²) >= 11 is 1.44. The van der Waals surface area contributed by atoms with Crippen LogP contribution in [0.4, 0.5) is 0 Å². The van der Waals surface area contributed by atoms with Crippen LogP contribution < -0.4 is 0 Å². The number of ketones is 1. The van der Waals surface area contributed by atoms with E-state index >= 15 is 0 Å². The molecule has 2 aromatic rings. The molecule has 1 aliphatic rings. The van der Waals surface area contributed by atoms with Gasteiger partial charge in [0, 0.05) is 15.4 Å². The van der Waals surface area contributed by atoms with Crippen LogP contribution in [0.3, 0.4) is 0 Å². The zero-order valence-electron chi connectivity index (χ0n) is 11.2. The molecular formula is C16H14O3S. The van der Waals surface area contributed by atoms with Crippen molar-refractivity contribution in [1.29, 1.82) is 0 Å². The molecule has 0 unspecified atom stereocenters. The Kier molecular flexibility index (Phi) is 2.80. The van der Waals surface area contributed by atoms with Gasteiger partial charge in [0.1, 0.15) is 0 Å². The van der Waals surface area contributed by atoms with Crippen LogP contribution in [0.5, 0.6) is 11.5 Å². The first-order valence-electron chi connectivity index (χ1n) is 6.29. The maximum absolute atomic E-state index is 12.8. The number of fused-ring (bicyclic) bond motifs is 2. The highest BCUT2D eigenvalue weighted by molar-refractivity contribution is 7.99. The second-order valence-corrected chi connectivity index (χ2v) is 6.47. The van der Waals surface area contributed by atoms with Crippen LogP contribution >= 0.6 is 11.8 Å². The van der Waals surface area contributed by atoms with Crippen molar-refractivity contribution in [3.63, 3.8) is 0 Å². The van der Waals surface area contributed by atoms with Crippen molar-refractivity contribution in [2.45, 2.75) is 29.1 Å². The monoisotopic (exact) mass is 286 g/mol. The first-order chi connectivity index (χ1) is 9.41. The van der Waals surface area contributed by atoms with Crippen LogP contribution in [0.15, 0.2) is 46.2 Å². The second-order valence-electron chi connectivity index (χ2n) is 5.39. The number of aromatic hydroxyl groups is 2. The fraction of sp³-hybridized carbons (Fsp3) is 0.188. The molecule has 0 spiro atoms. The van der Waals surface area contributed by atoms with Gasteiger partial charge in [-0.15, -0.1) is 0 Å². The van der Waals surface area contributed by atoms with E-state index in [1.807, 2.05) is 38.1 Å². The van der Waals surface area contributed by atoms with Gasteiger partial charge in [-0.05, 0) is 37.6 Å². The summed E-state index contributed by atoms with van der Waals surface area (Å²) in [5.74, 6) is -0.527. The predicted octanol–water partition coefficient (Wildman–Crippen LogP) is 3.72. The minimum Gasteiger partial charge on any atom is -0.504 e. The van der Waals surface area contributed by atoms with E-state index in [0.29, 0.717) is 10.5 Å². The van der Waals surface area contributed by atoms with E-state index in [0.717, 1.165) is 10.5 Å². The number of carbonyl (C=O) groups is 1. The van der Waals surface area contributed by atoms with Gasteiger partial charge in [-0.3, -0.25) is 4.79 Å². The first-order valence-corrected chi connectivity index (χ1v) is 7.11. The van der Waals surface area contributed by atoms with E-state index < -0.39 is 5.41 Å². The lowest BCUT2D eigenvalue weighted by atomic mass is 9.78. The maximum Gasteiger partial charge on any atom is 0.174 e. The molecule has 0 saturated carbocycles. The Morgan fingerprint density at radius 2 is 1.65 bits per heavy atom. The third-order valence-corrected chi connectivity index (χ3v) is 4.80. The minimum absolute atomic E-state index is 0.0553. The van der Waals surface area contributed by atoms with E-state index in [1.165, 1.54) is 23.9 Å². The molecule has 0 atom stereocenters. The summed E-state index contributed by atoms with van der Waals surface area (Å²) < 4.78 is 0. The lowest BCUT2D eigenvalue weighted by Gasteiger charge is -2.23. The van der Waals surface area contributed by atoms with Gasteiger partial charge in [-0.1, -0.05) is 30.0 Å². The van der Waals surface area contributed by atoms with Crippen molar-refractivity contribution in [2.24, 2.45) is 0 Å². The van der Waals surface area contributed by atoms with E-state index in [2.05, 4.69) is 0 Å². The molecule has 0 fully saturated rings. The van der Waals surface area contributed by atoms with Crippen LogP contribution in [0.1, 0.15) is 29.8 Å². The smallest absolute Gasteiger partial charge is 0.174 e. The number of hydrogen-bond acceptors (Lipinski definition) is 4. The van der Waals surface area contributed by atoms with Gasteiger partial charge in [0.25, 0.3) is 0 Å². The van der Waals surface area contributed by atoms with Crippen molar-refractivity contribution in [3.05, 3.63) is 47.5 Å². The second kappa shape index (κ2) is 4.28. The van der Waals surface area contributed by atoms with Gasteiger partial charge in [0.05, 0.1) is 5.41 Å². The summed E-state index contributed by atoms with van der Waals surface area (Å²) in [6, 6.07) is 10.6. The number of benzene rings is 2. The molecule has 4 heteroatoms. The van der Waals surface area contributed by atoms with Gasteiger partial charge >= 0.3 is 0 Å². The van der Waals surface area contributed by atoms with Crippen LogP contribution in [0, 0.1) is 0 Å². The molecule has 3 rings (SSSR count). The minimum atomic E-state index is -0.668. The van der Waals surface area contributed by atoms with Gasteiger partial charge in [-0.25, -0.2) is 0 Å². The molecule has 1 heterocycles. The number of rotatable bonds is 0. The molecule has 0 aliphatic carbocycles. The molecule has 0 amide bonds. The molecule has 102 valence electrons. The van der Waals surface area contributed by atoms with Crippen LogP contribution in [0.2, 0.25) is 0 Å². The van der Waals surface area contributed by atoms with E-state index in [1.54, 1.807) is 0 Å². The van der Waals surface area contributed by atoms with Crippen molar-refractivity contribution in [2.75, 3.05) is 0 Å². The van der Waals surface area contributed by atoms with E-state index in [4.69, 9.17) is 0 Å². The summed E-state index contributed by atoms with van der Waals surface area (Å²) in [4.78, 5) is 14.4. The summed E-state index contributed by atoms with van der Waals surface area (Å²) in [7, 11) is 0. The molecule has 3 nitrogen and oxygen atoms in total. The molecule has 0 saturated heterocycles. The van der Waals surface area contributed by atoms with Crippen LogP contribution in [-0.4, -0.2) is 16.0 Å². The number of Topliss-reactive ketones (excluding diaryl/α,β-unsaturated/α-hetero) is 1. The average molecular weight is 286 g/mol. The Hall–Kier alpha value is -1.94. The third kappa shape index (κ3) is 1.79. The lowest BCUT2D eigenvalue weighted by molar-refractivity contribution is 0.0904. The largest absolute Gasteiger partial charge is 0.504 e. The Morgan fingerprint density at radius 1 is 1.00 bits per heavy atom. The Labute approximate surface area is 121 Å². The Balaban J connectivity index is 2.31. The van der Waals surface area contributed by atoms with Crippen molar-refractivity contribution >= 4 is 17.5 Å². The first kappa shape index (κ1) is 13.1. The van der Waals surface area contributed by atoms with Crippen molar-refractivity contribution < 1.29 is 15.0 Å². The van der Waals surface area contributed by atoms with Gasteiger partial charge in [-0.2, -0.15) is 0 Å². The Bertz CT molecular complexity index is 720. The lowest BCUT2D eigenvalue weighted by Crippen LogP contribution is -2.28. The zero-order chi connectivity index (χ0) is 14.5. The quantitative estimate of drug-likeness (QED) is 0.725. The highest BCUT2D eigenvalue weighted by atomic mass is 32.2. The number of phenols is 2. The molecule has 1 aliphatic heterocycles. The Morgan fingerprint density at radius 3 is 2.40 bits per heavy atom. The van der Waals surface area contributed by atoms with Gasteiger partial charge in [0.15, 0.2) is 17.3 Å². The fourth-order valence-corrected chi connectivity index (χ4v) is 3.72. The molecule has 20 heavy (non-hydrogen) atoms. The summed E-state index contributed by atoms with van der Waals surface area (Å²) in [6.45, 7) is 3.77. The highest BCUT2D eigenvalue weighted by Gasteiger charge is 2.37. The third-order valence-electron chi connectivity index (χ3n) is 3.67. The number of phenolic OH excluding ortho intramolecular Hbond substituents is 2. The summed E-state index contributed by atoms with van der Waals surface area (Å²) in [5.41, 5.74) is 0.745. The van der Waals surface area contributed by atoms with Gasteiger partial charge in [0.2, 0.25) is 0 Å². The van der Waals surface area contributed by atoms with Crippen molar-refractivity contribution in [1.82, 2.24) is 0 Å². The normalized spacial score (nSPS) is 16.2. The molecule has 0 radical (unpaired) electrons. The predicted molar refractivity (Wildman–Crippen MR) is 77.7 cm³/mol. The standard InChI is InChI=1S/C16H14O3S/c1-16(2)10-5-3-4-6-13(10)20-14-8-12(18)11(17)7-9(14)15(16)19/h3-8,17-18H,1-2H3. The van der Waals surface area contributed by atoms with E-state index in [9.17, 15) is 15.0 Å². The zero-order valence-corrected chi connectivity index (χ0v) is 12.0. The van der Waals surface area contributed by atoms with Crippen molar-refractivity contribution in [3.8, 4) is 11.5 Å². The van der Waals surface area contributed by atoms with Crippen LogP contribution in [0.25, 0.3) is 0 Å². The SMILES string of the molecule is CC1(C)C(=O)c2cc(O)c(O)cc2Sc2ccccc21. The molecule has 0 bridgehead atoms. The molecule has 0 aromatic heterocycles. The topological polar surface area (TPSA) is 57.5 Å². The fourth-order valence-electron chi connectivity index (χ4n) is 2.47.